The number of carbonyl (C=O) groups is 1. The molecular formula is C22H28N6O. The van der Waals surface area contributed by atoms with Crippen LogP contribution in [-0.2, 0) is 20.0 Å². The van der Waals surface area contributed by atoms with Crippen LogP contribution in [0.15, 0.2) is 42.7 Å². The second kappa shape index (κ2) is 8.61. The quantitative estimate of drug-likeness (QED) is 0.740. The molecule has 152 valence electrons. The van der Waals surface area contributed by atoms with Crippen molar-refractivity contribution in [1.29, 1.82) is 0 Å². The number of urea groups is 1. The number of hydrogen-bond donors (Lipinski definition) is 1. The number of nitrogens with one attached hydrogen (secondary N) is 1. The third-order valence-electron chi connectivity index (χ3n) is 5.41. The second-order valence-electron chi connectivity index (χ2n) is 7.60. The lowest BCUT2D eigenvalue weighted by Gasteiger charge is -2.22. The Morgan fingerprint density at radius 2 is 2.03 bits per heavy atom. The zero-order valence-corrected chi connectivity index (χ0v) is 17.1. The molecule has 0 aliphatic carbocycles. The van der Waals surface area contributed by atoms with Crippen molar-refractivity contribution in [2.45, 2.75) is 26.3 Å². The molecule has 1 fully saturated rings. The molecular weight excluding hydrogens is 364 g/mol. The Kier molecular flexibility index (Phi) is 5.76. The van der Waals surface area contributed by atoms with Crippen molar-refractivity contribution in [3.63, 3.8) is 0 Å². The van der Waals surface area contributed by atoms with Crippen LogP contribution in [0.4, 0.5) is 10.5 Å². The Hall–Kier alpha value is -2.93. The van der Waals surface area contributed by atoms with E-state index in [1.165, 1.54) is 5.56 Å². The summed E-state index contributed by atoms with van der Waals surface area (Å²) in [5, 5.41) is 8.36. The first-order chi connectivity index (χ1) is 14.1. The van der Waals surface area contributed by atoms with E-state index in [0.29, 0.717) is 0 Å². The summed E-state index contributed by atoms with van der Waals surface area (Å²) >= 11 is 0. The number of aromatic nitrogens is 3. The summed E-state index contributed by atoms with van der Waals surface area (Å²) in [6, 6.07) is 9.92. The summed E-state index contributed by atoms with van der Waals surface area (Å²) in [5.74, 6) is 0. The van der Waals surface area contributed by atoms with E-state index in [1.807, 2.05) is 53.2 Å². The number of aryl methyl sites for hydroxylation is 2. The Morgan fingerprint density at radius 1 is 1.17 bits per heavy atom. The van der Waals surface area contributed by atoms with Gasteiger partial charge < -0.3 is 10.2 Å². The third kappa shape index (κ3) is 4.56. The molecule has 0 unspecified atom stereocenters. The van der Waals surface area contributed by atoms with Crippen molar-refractivity contribution in [3.8, 4) is 0 Å². The largest absolute Gasteiger partial charge is 0.323 e. The van der Waals surface area contributed by atoms with Crippen molar-refractivity contribution in [2.75, 3.05) is 31.5 Å². The second-order valence-corrected chi connectivity index (χ2v) is 7.60. The molecule has 7 heteroatoms. The van der Waals surface area contributed by atoms with Gasteiger partial charge in [0.2, 0.25) is 0 Å². The monoisotopic (exact) mass is 392 g/mol. The van der Waals surface area contributed by atoms with Gasteiger partial charge in [-0.05, 0) is 25.0 Å². The van der Waals surface area contributed by atoms with Gasteiger partial charge in [-0.25, -0.2) is 4.79 Å². The van der Waals surface area contributed by atoms with E-state index in [0.717, 1.165) is 67.8 Å². The lowest BCUT2D eigenvalue weighted by molar-refractivity contribution is 0.211. The van der Waals surface area contributed by atoms with Crippen LogP contribution in [0.25, 0.3) is 10.9 Å². The minimum Gasteiger partial charge on any atom is -0.323 e. The molecule has 1 N–H and O–H groups in total. The maximum atomic E-state index is 13.0. The maximum Gasteiger partial charge on any atom is 0.321 e. The van der Waals surface area contributed by atoms with Gasteiger partial charge in [-0.3, -0.25) is 14.6 Å². The molecule has 0 spiro atoms. The lowest BCUT2D eigenvalue weighted by Crippen LogP contribution is -2.38. The molecule has 1 aliphatic heterocycles. The van der Waals surface area contributed by atoms with Gasteiger partial charge in [0, 0.05) is 62.6 Å². The predicted octanol–water partition coefficient (Wildman–Crippen LogP) is 3.27. The van der Waals surface area contributed by atoms with Crippen LogP contribution in [0.5, 0.6) is 0 Å². The molecule has 3 aromatic rings. The number of benzene rings is 1. The summed E-state index contributed by atoms with van der Waals surface area (Å²) in [5.41, 5.74) is 3.95. The Morgan fingerprint density at radius 3 is 2.83 bits per heavy atom. The molecule has 29 heavy (non-hydrogen) atoms. The molecule has 2 amide bonds. The number of nitrogens with zero attached hydrogens (tertiary/aromatic N) is 5. The number of hydrogen-bond acceptors (Lipinski definition) is 4. The van der Waals surface area contributed by atoms with Crippen LogP contribution in [0.3, 0.4) is 0 Å². The van der Waals surface area contributed by atoms with Crippen LogP contribution < -0.4 is 5.32 Å². The maximum absolute atomic E-state index is 13.0. The highest BCUT2D eigenvalue weighted by molar-refractivity contribution is 6.00. The van der Waals surface area contributed by atoms with Gasteiger partial charge in [-0.1, -0.05) is 25.1 Å². The normalized spacial score (nSPS) is 15.4. The number of pyridine rings is 1. The van der Waals surface area contributed by atoms with Crippen LogP contribution in [0.2, 0.25) is 0 Å². The summed E-state index contributed by atoms with van der Waals surface area (Å²) in [6.45, 7) is 6.28. The highest BCUT2D eigenvalue weighted by Gasteiger charge is 2.20. The SMILES string of the molecule is CCc1cc(NC(=O)N2CCCN(Cc3cnn(C)c3)CC2)c2ccccc2n1. The van der Waals surface area contributed by atoms with Crippen molar-refractivity contribution < 1.29 is 4.79 Å². The van der Waals surface area contributed by atoms with Crippen molar-refractivity contribution in [2.24, 2.45) is 7.05 Å². The molecule has 3 heterocycles. The Labute approximate surface area is 171 Å². The zero-order chi connectivity index (χ0) is 20.2. The highest BCUT2D eigenvalue weighted by Crippen LogP contribution is 2.24. The van der Waals surface area contributed by atoms with Gasteiger partial charge in [-0.15, -0.1) is 0 Å². The Balaban J connectivity index is 1.43. The van der Waals surface area contributed by atoms with Gasteiger partial charge in [0.05, 0.1) is 17.4 Å². The number of amides is 2. The van der Waals surface area contributed by atoms with Gasteiger partial charge >= 0.3 is 6.03 Å². The van der Waals surface area contributed by atoms with Crippen LogP contribution in [0.1, 0.15) is 24.6 Å². The molecule has 7 nitrogen and oxygen atoms in total. The molecule has 2 aromatic heterocycles. The molecule has 1 saturated heterocycles. The molecule has 0 bridgehead atoms. The summed E-state index contributed by atoms with van der Waals surface area (Å²) in [7, 11) is 1.94. The number of rotatable bonds is 4. The first kappa shape index (κ1) is 19.4. The number of para-hydroxylation sites is 1. The minimum atomic E-state index is -0.0355. The Bertz CT molecular complexity index is 998. The summed E-state index contributed by atoms with van der Waals surface area (Å²) in [6.07, 6.45) is 5.76. The fourth-order valence-corrected chi connectivity index (χ4v) is 3.85. The summed E-state index contributed by atoms with van der Waals surface area (Å²) < 4.78 is 1.83. The van der Waals surface area contributed by atoms with E-state index < -0.39 is 0 Å². The average Bonchev–Trinajstić information content (AvgIpc) is 2.99. The first-order valence-electron chi connectivity index (χ1n) is 10.3. The highest BCUT2D eigenvalue weighted by atomic mass is 16.2. The van der Waals surface area contributed by atoms with Gasteiger partial charge in [0.25, 0.3) is 0 Å². The standard InChI is InChI=1S/C22H28N6O/c1-3-18-13-21(19-7-4-5-8-20(19)24-18)25-22(29)28-10-6-9-27(11-12-28)16-17-14-23-26(2)15-17/h4-5,7-8,13-15H,3,6,9-12,16H2,1-2H3,(H,24,25,29). The van der Waals surface area contributed by atoms with E-state index in [9.17, 15) is 4.79 Å². The van der Waals surface area contributed by atoms with Crippen molar-refractivity contribution in [3.05, 3.63) is 54.0 Å². The van der Waals surface area contributed by atoms with Crippen molar-refractivity contribution in [1.82, 2.24) is 24.6 Å². The predicted molar refractivity (Wildman–Crippen MR) is 115 cm³/mol. The van der Waals surface area contributed by atoms with E-state index in [-0.39, 0.29) is 6.03 Å². The van der Waals surface area contributed by atoms with Gasteiger partial charge in [0.15, 0.2) is 0 Å². The molecule has 0 radical (unpaired) electrons. The number of anilines is 1. The van der Waals surface area contributed by atoms with Crippen molar-refractivity contribution >= 4 is 22.6 Å². The lowest BCUT2D eigenvalue weighted by atomic mass is 10.1. The number of carbonyl (C=O) groups excluding carboxylic acids is 1. The van der Waals surface area contributed by atoms with Gasteiger partial charge in [-0.2, -0.15) is 5.10 Å². The molecule has 1 aliphatic rings. The minimum absolute atomic E-state index is 0.0355. The first-order valence-corrected chi connectivity index (χ1v) is 10.3. The fourth-order valence-electron chi connectivity index (χ4n) is 3.85. The fraction of sp³-hybridized carbons (Fsp3) is 0.409. The molecule has 1 aromatic carbocycles. The van der Waals surface area contributed by atoms with E-state index in [1.54, 1.807) is 0 Å². The molecule has 4 rings (SSSR count). The molecule has 0 saturated carbocycles. The van der Waals surface area contributed by atoms with Crippen LogP contribution in [-0.4, -0.2) is 56.8 Å². The van der Waals surface area contributed by atoms with Crippen LogP contribution in [0, 0.1) is 0 Å². The smallest absolute Gasteiger partial charge is 0.321 e. The average molecular weight is 393 g/mol. The van der Waals surface area contributed by atoms with Gasteiger partial charge in [0.1, 0.15) is 0 Å². The van der Waals surface area contributed by atoms with E-state index in [4.69, 9.17) is 0 Å². The van der Waals surface area contributed by atoms with Crippen LogP contribution >= 0.6 is 0 Å². The topological polar surface area (TPSA) is 66.3 Å². The number of fused-ring (bicyclic) bond motifs is 1. The van der Waals surface area contributed by atoms with E-state index in [2.05, 4.69) is 33.4 Å². The zero-order valence-electron chi connectivity index (χ0n) is 17.1. The molecule has 0 atom stereocenters. The van der Waals surface area contributed by atoms with E-state index >= 15 is 0 Å². The third-order valence-corrected chi connectivity index (χ3v) is 5.41. The summed E-state index contributed by atoms with van der Waals surface area (Å²) in [4.78, 5) is 22.0.